The number of carbonyl (C=O) groups excluding carboxylic acids is 3. The van der Waals surface area contributed by atoms with Gasteiger partial charge in [-0.3, -0.25) is 4.79 Å². The van der Waals surface area contributed by atoms with Crippen LogP contribution >= 0.6 is 11.6 Å². The van der Waals surface area contributed by atoms with Gasteiger partial charge in [0.05, 0.1) is 12.8 Å². The molecule has 1 aromatic rings. The molecule has 0 aromatic heterocycles. The van der Waals surface area contributed by atoms with Crippen molar-refractivity contribution in [2.24, 2.45) is 5.73 Å². The van der Waals surface area contributed by atoms with Crippen LogP contribution in [0.5, 0.6) is 0 Å². The van der Waals surface area contributed by atoms with E-state index in [0.29, 0.717) is 17.7 Å². The maximum Gasteiger partial charge on any atom is 0.421 e. The van der Waals surface area contributed by atoms with Gasteiger partial charge < -0.3 is 15.8 Å². The number of urea groups is 1. The van der Waals surface area contributed by atoms with Crippen LogP contribution in [0.4, 0.5) is 15.3 Å². The number of hydrogen-bond acceptors (Lipinski definition) is 4. The minimum Gasteiger partial charge on any atom is -0.452 e. The van der Waals surface area contributed by atoms with E-state index in [0.717, 1.165) is 17.6 Å². The van der Waals surface area contributed by atoms with Crippen molar-refractivity contribution in [3.8, 4) is 0 Å². The van der Waals surface area contributed by atoms with Crippen LogP contribution in [0.15, 0.2) is 18.2 Å². The molecule has 0 saturated heterocycles. The monoisotopic (exact) mass is 341 g/mol. The van der Waals surface area contributed by atoms with Gasteiger partial charge in [-0.15, -0.1) is 0 Å². The Labute approximate surface area is 139 Å². The average molecular weight is 342 g/mol. The smallest absolute Gasteiger partial charge is 0.421 e. The predicted octanol–water partition coefficient (Wildman–Crippen LogP) is 2.28. The fourth-order valence-corrected chi connectivity index (χ4v) is 2.36. The maximum absolute atomic E-state index is 12.7. The van der Waals surface area contributed by atoms with Gasteiger partial charge in [0, 0.05) is 0 Å². The lowest BCUT2D eigenvalue weighted by Crippen LogP contribution is -2.57. The van der Waals surface area contributed by atoms with E-state index in [-0.39, 0.29) is 0 Å². The highest BCUT2D eigenvalue weighted by Crippen LogP contribution is 2.29. The molecule has 0 saturated carbocycles. The van der Waals surface area contributed by atoms with Crippen LogP contribution in [-0.2, 0) is 16.0 Å². The quantitative estimate of drug-likeness (QED) is 0.647. The molecule has 0 fully saturated rings. The van der Waals surface area contributed by atoms with Gasteiger partial charge in [-0.25, -0.2) is 14.5 Å². The van der Waals surface area contributed by atoms with E-state index < -0.39 is 23.0 Å². The Balaban J connectivity index is 3.46. The van der Waals surface area contributed by atoms with Gasteiger partial charge in [-0.05, 0) is 31.4 Å². The molecule has 1 atom stereocenters. The molecule has 23 heavy (non-hydrogen) atoms. The first-order chi connectivity index (χ1) is 10.7. The van der Waals surface area contributed by atoms with E-state index in [1.807, 2.05) is 13.0 Å². The molecule has 0 heterocycles. The molecule has 0 radical (unpaired) electrons. The van der Waals surface area contributed by atoms with E-state index in [1.54, 1.807) is 19.1 Å². The largest absolute Gasteiger partial charge is 0.452 e. The third-order valence-corrected chi connectivity index (χ3v) is 3.50. The van der Waals surface area contributed by atoms with Crippen molar-refractivity contribution < 1.29 is 19.1 Å². The van der Waals surface area contributed by atoms with Gasteiger partial charge >= 0.3 is 12.1 Å². The molecule has 0 bridgehead atoms. The van der Waals surface area contributed by atoms with Gasteiger partial charge in [-0.1, -0.05) is 36.7 Å². The number of imide groups is 1. The molecule has 0 aliphatic heterocycles. The van der Waals surface area contributed by atoms with Crippen molar-refractivity contribution in [1.82, 2.24) is 5.32 Å². The lowest BCUT2D eigenvalue weighted by atomic mass is 10.0. The number of primary amides is 1. The Morgan fingerprint density at radius 3 is 2.48 bits per heavy atom. The number of alkyl halides is 1. The van der Waals surface area contributed by atoms with E-state index in [1.165, 1.54) is 6.92 Å². The Morgan fingerprint density at radius 1 is 1.39 bits per heavy atom. The third kappa shape index (κ3) is 4.13. The highest BCUT2D eigenvalue weighted by atomic mass is 35.5. The topological polar surface area (TPSA) is 102 Å². The molecular weight excluding hydrogens is 322 g/mol. The van der Waals surface area contributed by atoms with Crippen molar-refractivity contribution in [1.29, 1.82) is 0 Å². The van der Waals surface area contributed by atoms with Crippen molar-refractivity contribution in [2.75, 3.05) is 12.0 Å². The summed E-state index contributed by atoms with van der Waals surface area (Å²) < 4.78 is 4.71. The van der Waals surface area contributed by atoms with Crippen molar-refractivity contribution in [2.45, 2.75) is 32.2 Å². The first-order valence-corrected chi connectivity index (χ1v) is 7.31. The Morgan fingerprint density at radius 2 is 2.00 bits per heavy atom. The predicted molar refractivity (Wildman–Crippen MR) is 87.4 cm³/mol. The Hall–Kier alpha value is -2.28. The molecule has 3 N–H and O–H groups in total. The summed E-state index contributed by atoms with van der Waals surface area (Å²) in [6, 6.07) is 4.38. The van der Waals surface area contributed by atoms with E-state index >= 15 is 0 Å². The van der Waals surface area contributed by atoms with Gasteiger partial charge in [0.2, 0.25) is 0 Å². The number of hydrogen-bond donors (Lipinski definition) is 2. The molecule has 1 unspecified atom stereocenters. The summed E-state index contributed by atoms with van der Waals surface area (Å²) in [6.07, 6.45) is -0.322. The van der Waals surface area contributed by atoms with Crippen LogP contribution < -0.4 is 16.0 Å². The summed E-state index contributed by atoms with van der Waals surface area (Å²) in [5, 5.41) is 2.11. The number of methoxy groups -OCH3 is 1. The van der Waals surface area contributed by atoms with Crippen LogP contribution in [0, 0.1) is 6.92 Å². The highest BCUT2D eigenvalue weighted by Gasteiger charge is 2.41. The molecule has 7 nitrogen and oxygen atoms in total. The molecule has 0 spiro atoms. The number of benzene rings is 1. The van der Waals surface area contributed by atoms with Crippen LogP contribution in [0.2, 0.25) is 0 Å². The summed E-state index contributed by atoms with van der Waals surface area (Å²) in [4.78, 5) is 34.9. The first kappa shape index (κ1) is 18.8. The number of halogens is 1. The number of carbonyl (C=O) groups is 3. The zero-order valence-corrected chi connectivity index (χ0v) is 14.2. The molecule has 8 heteroatoms. The van der Waals surface area contributed by atoms with Gasteiger partial charge in [0.25, 0.3) is 5.91 Å². The Kier molecular flexibility index (Phi) is 5.98. The summed E-state index contributed by atoms with van der Waals surface area (Å²) in [5.41, 5.74) is 6.86. The second kappa shape index (κ2) is 7.32. The number of rotatable bonds is 4. The standard InChI is InChI=1S/C15H20ClN3O4/c1-5-10-8-6-7-9(2)11(10)19(14(22)23-4)12(20)15(3,16)18-13(17)21/h6-8H,5H2,1-4H3,(H3,17,18,21). The SMILES string of the molecule is CCc1cccc(C)c1N(C(=O)OC)C(=O)C(C)(Cl)NC(N)=O. The summed E-state index contributed by atoms with van der Waals surface area (Å²) >= 11 is 6.06. The normalized spacial score (nSPS) is 12.9. The first-order valence-electron chi connectivity index (χ1n) is 6.93. The number of ether oxygens (including phenoxy) is 1. The second-order valence-electron chi connectivity index (χ2n) is 5.04. The number of nitrogens with one attached hydrogen (secondary N) is 1. The maximum atomic E-state index is 12.7. The van der Waals surface area contributed by atoms with Crippen LogP contribution in [0.25, 0.3) is 0 Å². The number of anilines is 1. The Bertz CT molecular complexity index is 631. The number of amides is 4. The lowest BCUT2D eigenvalue weighted by Gasteiger charge is -2.30. The van der Waals surface area contributed by atoms with Crippen LogP contribution in [0.3, 0.4) is 0 Å². The molecular formula is C15H20ClN3O4. The van der Waals surface area contributed by atoms with Crippen LogP contribution in [-0.4, -0.2) is 30.1 Å². The average Bonchev–Trinajstić information content (AvgIpc) is 2.47. The molecule has 1 rings (SSSR count). The second-order valence-corrected chi connectivity index (χ2v) is 5.79. The van der Waals surface area contributed by atoms with Crippen LogP contribution in [0.1, 0.15) is 25.0 Å². The molecule has 0 aliphatic rings. The minimum absolute atomic E-state index is 0.380. The molecule has 4 amide bonds. The lowest BCUT2D eigenvalue weighted by molar-refractivity contribution is -0.120. The number of nitrogens with two attached hydrogens (primary N) is 1. The number of aryl methyl sites for hydroxylation is 2. The van der Waals surface area contributed by atoms with Crippen molar-refractivity contribution in [3.63, 3.8) is 0 Å². The van der Waals surface area contributed by atoms with Crippen molar-refractivity contribution in [3.05, 3.63) is 29.3 Å². The minimum atomic E-state index is -1.90. The van der Waals surface area contributed by atoms with E-state index in [2.05, 4.69) is 5.32 Å². The van der Waals surface area contributed by atoms with Gasteiger partial charge in [0.1, 0.15) is 0 Å². The van der Waals surface area contributed by atoms with Crippen molar-refractivity contribution >= 4 is 35.3 Å². The summed E-state index contributed by atoms with van der Waals surface area (Å²) in [5.74, 6) is -0.867. The van der Waals surface area contributed by atoms with Gasteiger partial charge in [0.15, 0.2) is 5.00 Å². The summed E-state index contributed by atoms with van der Waals surface area (Å²) in [7, 11) is 1.15. The van der Waals surface area contributed by atoms with Gasteiger partial charge in [-0.2, -0.15) is 0 Å². The number of nitrogens with zero attached hydrogens (tertiary/aromatic N) is 1. The fraction of sp³-hybridized carbons (Fsp3) is 0.400. The zero-order chi connectivity index (χ0) is 17.8. The summed E-state index contributed by atoms with van der Waals surface area (Å²) in [6.45, 7) is 4.88. The molecule has 126 valence electrons. The van der Waals surface area contributed by atoms with E-state index in [9.17, 15) is 14.4 Å². The zero-order valence-electron chi connectivity index (χ0n) is 13.5. The fourth-order valence-electron chi connectivity index (χ4n) is 2.19. The molecule has 1 aromatic carbocycles. The van der Waals surface area contributed by atoms with E-state index in [4.69, 9.17) is 22.1 Å². The number of para-hydroxylation sites is 1. The molecule has 0 aliphatic carbocycles. The highest BCUT2D eigenvalue weighted by molar-refractivity contribution is 6.39. The third-order valence-electron chi connectivity index (χ3n) is 3.25.